The molecule has 1 amide bonds. The number of benzene rings is 2. The van der Waals surface area contributed by atoms with Crippen LogP contribution < -0.4 is 5.32 Å². The van der Waals surface area contributed by atoms with Crippen LogP contribution in [0.25, 0.3) is 0 Å². The molecule has 1 atom stereocenters. The van der Waals surface area contributed by atoms with Crippen molar-refractivity contribution in [2.75, 3.05) is 5.32 Å². The molecule has 0 bridgehead atoms. The van der Waals surface area contributed by atoms with Crippen molar-refractivity contribution >= 4 is 17.6 Å². The van der Waals surface area contributed by atoms with Gasteiger partial charge in [0, 0.05) is 18.2 Å². The number of anilines is 1. The summed E-state index contributed by atoms with van der Waals surface area (Å²) in [7, 11) is 0. The predicted octanol–water partition coefficient (Wildman–Crippen LogP) is 4.90. The van der Waals surface area contributed by atoms with Crippen molar-refractivity contribution in [1.29, 1.82) is 0 Å². The number of aromatic nitrogens is 2. The molecule has 0 spiro atoms. The summed E-state index contributed by atoms with van der Waals surface area (Å²) in [6, 6.07) is 13.6. The molecule has 1 aliphatic carbocycles. The summed E-state index contributed by atoms with van der Waals surface area (Å²) >= 11 is 0. The molecule has 1 aromatic heterocycles. The van der Waals surface area contributed by atoms with Gasteiger partial charge in [-0.05, 0) is 53.6 Å². The van der Waals surface area contributed by atoms with Gasteiger partial charge in [-0.1, -0.05) is 38.1 Å². The molecule has 3 aromatic rings. The highest BCUT2D eigenvalue weighted by Crippen LogP contribution is 2.32. The summed E-state index contributed by atoms with van der Waals surface area (Å²) in [5.74, 6) is -0.215. The smallest absolute Gasteiger partial charge is 0.258 e. The van der Waals surface area contributed by atoms with Gasteiger partial charge >= 0.3 is 0 Å². The minimum Gasteiger partial charge on any atom is -0.294 e. The van der Waals surface area contributed by atoms with E-state index >= 15 is 0 Å². The standard InChI is InChI=1S/C24H22FN3O2/c1-14(2)15-3-5-16(6-4-15)18-11-21-20(22(29)12-18)13-26-24(27-21)28-23(30)17-7-9-19(25)10-8-17/h3-10,13-14,18H,11-12H2,1-2H3,(H,26,27,28,30)/t18-/m0/s1. The van der Waals surface area contributed by atoms with Crippen molar-refractivity contribution in [3.8, 4) is 0 Å². The van der Waals surface area contributed by atoms with Crippen LogP contribution in [0.5, 0.6) is 0 Å². The van der Waals surface area contributed by atoms with Gasteiger partial charge in [-0.15, -0.1) is 0 Å². The summed E-state index contributed by atoms with van der Waals surface area (Å²) in [6.45, 7) is 4.29. The number of carbonyl (C=O) groups is 2. The Balaban J connectivity index is 1.54. The van der Waals surface area contributed by atoms with Crippen LogP contribution in [-0.4, -0.2) is 21.7 Å². The molecule has 1 heterocycles. The second kappa shape index (κ2) is 8.14. The number of fused-ring (bicyclic) bond motifs is 1. The van der Waals surface area contributed by atoms with Gasteiger partial charge in [0.2, 0.25) is 5.95 Å². The van der Waals surface area contributed by atoms with Crippen LogP contribution in [0.1, 0.15) is 69.6 Å². The molecule has 0 saturated heterocycles. The van der Waals surface area contributed by atoms with E-state index in [0.717, 1.165) is 5.56 Å². The van der Waals surface area contributed by atoms with Crippen LogP contribution in [0.15, 0.2) is 54.7 Å². The Hall–Kier alpha value is -3.41. The summed E-state index contributed by atoms with van der Waals surface area (Å²) < 4.78 is 13.1. The van der Waals surface area contributed by atoms with Crippen molar-refractivity contribution in [3.63, 3.8) is 0 Å². The van der Waals surface area contributed by atoms with Crippen molar-refractivity contribution in [1.82, 2.24) is 9.97 Å². The molecule has 0 aliphatic heterocycles. The Kier molecular flexibility index (Phi) is 5.40. The van der Waals surface area contributed by atoms with E-state index in [-0.39, 0.29) is 17.6 Å². The van der Waals surface area contributed by atoms with Crippen LogP contribution in [0.4, 0.5) is 10.3 Å². The lowest BCUT2D eigenvalue weighted by Gasteiger charge is -2.23. The molecule has 0 unspecified atom stereocenters. The molecule has 0 fully saturated rings. The fraction of sp³-hybridized carbons (Fsp3) is 0.250. The quantitative estimate of drug-likeness (QED) is 0.672. The van der Waals surface area contributed by atoms with Gasteiger partial charge in [-0.3, -0.25) is 14.9 Å². The molecule has 2 aromatic carbocycles. The minimum absolute atomic E-state index is 0.00518. The van der Waals surface area contributed by atoms with Crippen LogP contribution in [0, 0.1) is 5.82 Å². The Morgan fingerprint density at radius 1 is 1.07 bits per heavy atom. The van der Waals surface area contributed by atoms with Gasteiger partial charge in [-0.2, -0.15) is 0 Å². The Morgan fingerprint density at radius 3 is 2.43 bits per heavy atom. The van der Waals surface area contributed by atoms with Crippen LogP contribution >= 0.6 is 0 Å². The van der Waals surface area contributed by atoms with Gasteiger partial charge in [-0.25, -0.2) is 14.4 Å². The number of rotatable bonds is 4. The first-order valence-corrected chi connectivity index (χ1v) is 9.96. The number of amides is 1. The predicted molar refractivity (Wildman–Crippen MR) is 112 cm³/mol. The lowest BCUT2D eigenvalue weighted by molar-refractivity contribution is 0.0962. The fourth-order valence-electron chi connectivity index (χ4n) is 3.67. The van der Waals surface area contributed by atoms with Crippen molar-refractivity contribution in [2.24, 2.45) is 0 Å². The van der Waals surface area contributed by atoms with E-state index in [0.29, 0.717) is 35.6 Å². The van der Waals surface area contributed by atoms with E-state index in [1.54, 1.807) is 0 Å². The zero-order valence-electron chi connectivity index (χ0n) is 16.9. The SMILES string of the molecule is CC(C)c1ccc([C@@H]2CC(=O)c3cnc(NC(=O)c4ccc(F)cc4)nc3C2)cc1. The van der Waals surface area contributed by atoms with Gasteiger partial charge < -0.3 is 0 Å². The van der Waals surface area contributed by atoms with Crippen LogP contribution in [0.3, 0.4) is 0 Å². The average Bonchev–Trinajstić information content (AvgIpc) is 2.74. The number of nitrogens with zero attached hydrogens (tertiary/aromatic N) is 2. The Bertz CT molecular complexity index is 1090. The molecule has 152 valence electrons. The number of carbonyl (C=O) groups excluding carboxylic acids is 2. The zero-order chi connectivity index (χ0) is 21.3. The van der Waals surface area contributed by atoms with Crippen molar-refractivity contribution < 1.29 is 14.0 Å². The molecule has 5 nitrogen and oxygen atoms in total. The van der Waals surface area contributed by atoms with E-state index < -0.39 is 11.7 Å². The van der Waals surface area contributed by atoms with Crippen LogP contribution in [0.2, 0.25) is 0 Å². The average molecular weight is 403 g/mol. The lowest BCUT2D eigenvalue weighted by Crippen LogP contribution is -2.22. The van der Waals surface area contributed by atoms with Gasteiger partial charge in [0.1, 0.15) is 5.82 Å². The van der Waals surface area contributed by atoms with Gasteiger partial charge in [0.25, 0.3) is 5.91 Å². The maximum atomic E-state index is 13.1. The summed E-state index contributed by atoms with van der Waals surface area (Å²) in [5, 5.41) is 2.62. The first-order valence-electron chi connectivity index (χ1n) is 9.96. The first-order chi connectivity index (χ1) is 14.4. The summed E-state index contributed by atoms with van der Waals surface area (Å²) in [6.07, 6.45) is 2.49. The number of Topliss-reactive ketones (excluding diaryl/α,β-unsaturated/α-hetero) is 1. The molecule has 0 radical (unpaired) electrons. The highest BCUT2D eigenvalue weighted by molar-refractivity contribution is 6.03. The van der Waals surface area contributed by atoms with E-state index in [4.69, 9.17) is 0 Å². The van der Waals surface area contributed by atoms with E-state index in [1.807, 2.05) is 0 Å². The normalized spacial score (nSPS) is 15.7. The molecule has 1 N–H and O–H groups in total. The number of hydrogen-bond donors (Lipinski definition) is 1. The summed E-state index contributed by atoms with van der Waals surface area (Å²) in [5.41, 5.74) is 3.80. The molecule has 1 aliphatic rings. The lowest BCUT2D eigenvalue weighted by atomic mass is 9.81. The van der Waals surface area contributed by atoms with E-state index in [9.17, 15) is 14.0 Å². The van der Waals surface area contributed by atoms with E-state index in [2.05, 4.69) is 53.4 Å². The third-order valence-corrected chi connectivity index (χ3v) is 5.45. The van der Waals surface area contributed by atoms with Crippen molar-refractivity contribution in [3.05, 3.63) is 88.5 Å². The number of hydrogen-bond acceptors (Lipinski definition) is 4. The molecular weight excluding hydrogens is 381 g/mol. The van der Waals surface area contributed by atoms with Gasteiger partial charge in [0.05, 0.1) is 11.3 Å². The maximum Gasteiger partial charge on any atom is 0.258 e. The second-order valence-electron chi connectivity index (χ2n) is 7.86. The van der Waals surface area contributed by atoms with Gasteiger partial charge in [0.15, 0.2) is 5.78 Å². The Labute approximate surface area is 174 Å². The number of ketones is 1. The first kappa shape index (κ1) is 19.9. The third kappa shape index (κ3) is 4.13. The topological polar surface area (TPSA) is 72.0 Å². The van der Waals surface area contributed by atoms with Crippen LogP contribution in [-0.2, 0) is 6.42 Å². The second-order valence-corrected chi connectivity index (χ2v) is 7.86. The third-order valence-electron chi connectivity index (χ3n) is 5.45. The monoisotopic (exact) mass is 403 g/mol. The highest BCUT2D eigenvalue weighted by atomic mass is 19.1. The fourth-order valence-corrected chi connectivity index (χ4v) is 3.67. The largest absolute Gasteiger partial charge is 0.294 e. The highest BCUT2D eigenvalue weighted by Gasteiger charge is 2.28. The molecule has 4 rings (SSSR count). The van der Waals surface area contributed by atoms with E-state index in [1.165, 1.54) is 36.0 Å². The number of nitrogens with one attached hydrogen (secondary N) is 1. The summed E-state index contributed by atoms with van der Waals surface area (Å²) in [4.78, 5) is 33.5. The number of halogens is 1. The minimum atomic E-state index is -0.432. The molecular formula is C24H22FN3O2. The zero-order valence-corrected chi connectivity index (χ0v) is 16.9. The molecule has 6 heteroatoms. The molecule has 0 saturated carbocycles. The maximum absolute atomic E-state index is 13.1. The van der Waals surface area contributed by atoms with Crippen molar-refractivity contribution in [2.45, 2.75) is 38.5 Å². The molecule has 30 heavy (non-hydrogen) atoms. The Morgan fingerprint density at radius 2 is 1.77 bits per heavy atom.